The van der Waals surface area contributed by atoms with Crippen LogP contribution in [0.1, 0.15) is 25.7 Å². The van der Waals surface area contributed by atoms with Crippen LogP contribution in [-0.2, 0) is 9.53 Å². The smallest absolute Gasteiger partial charge is 0.235 e. The summed E-state index contributed by atoms with van der Waals surface area (Å²) in [5.41, 5.74) is 10.9. The lowest BCUT2D eigenvalue weighted by molar-refractivity contribution is -0.122. The van der Waals surface area contributed by atoms with Crippen molar-refractivity contribution in [2.45, 2.75) is 43.9 Å². The molecule has 0 radical (unpaired) electrons. The number of hydrogen-bond donors (Lipinski definition) is 2. The fraction of sp³-hybridized carbons (Fsp3) is 0.909. The van der Waals surface area contributed by atoms with E-state index in [-0.39, 0.29) is 0 Å². The van der Waals surface area contributed by atoms with Gasteiger partial charge in [-0.3, -0.25) is 9.69 Å². The van der Waals surface area contributed by atoms with Crippen molar-refractivity contribution in [3.63, 3.8) is 0 Å². The first kappa shape index (κ1) is 11.8. The maximum Gasteiger partial charge on any atom is 0.235 e. The molecule has 1 heterocycles. The van der Waals surface area contributed by atoms with Crippen molar-refractivity contribution in [1.82, 2.24) is 4.90 Å². The molecule has 0 spiro atoms. The summed E-state index contributed by atoms with van der Waals surface area (Å²) in [6.45, 7) is 2.18. The third-order valence-corrected chi connectivity index (χ3v) is 3.64. The molecule has 0 aromatic carbocycles. The summed E-state index contributed by atoms with van der Waals surface area (Å²) in [6.07, 6.45) is 5.11. The van der Waals surface area contributed by atoms with Crippen LogP contribution < -0.4 is 11.5 Å². The molecule has 2 fully saturated rings. The molecule has 3 unspecified atom stereocenters. The van der Waals surface area contributed by atoms with Gasteiger partial charge in [0.25, 0.3) is 0 Å². The van der Waals surface area contributed by atoms with Gasteiger partial charge in [-0.2, -0.15) is 0 Å². The van der Waals surface area contributed by atoms with Crippen LogP contribution in [0.25, 0.3) is 0 Å². The van der Waals surface area contributed by atoms with Crippen LogP contribution in [0.5, 0.6) is 0 Å². The SMILES string of the molecule is NC(=O)C(N)CN1CCOC2CCCCC21. The zero-order chi connectivity index (χ0) is 11.5. The van der Waals surface area contributed by atoms with Crippen LogP contribution >= 0.6 is 0 Å². The van der Waals surface area contributed by atoms with Gasteiger partial charge in [0.1, 0.15) is 0 Å². The van der Waals surface area contributed by atoms with E-state index in [1.54, 1.807) is 0 Å². The minimum Gasteiger partial charge on any atom is -0.375 e. The summed E-state index contributed by atoms with van der Waals surface area (Å²) in [6, 6.07) is -0.117. The normalized spacial score (nSPS) is 33.1. The molecule has 3 atom stereocenters. The molecule has 1 saturated heterocycles. The fourth-order valence-electron chi connectivity index (χ4n) is 2.75. The van der Waals surface area contributed by atoms with E-state index in [9.17, 15) is 4.79 Å². The Morgan fingerprint density at radius 1 is 1.44 bits per heavy atom. The van der Waals surface area contributed by atoms with Crippen molar-refractivity contribution < 1.29 is 9.53 Å². The lowest BCUT2D eigenvalue weighted by Crippen LogP contribution is -2.57. The largest absolute Gasteiger partial charge is 0.375 e. The summed E-state index contributed by atoms with van der Waals surface area (Å²) >= 11 is 0. The van der Waals surface area contributed by atoms with Crippen LogP contribution in [-0.4, -0.2) is 48.7 Å². The molecular weight excluding hydrogens is 206 g/mol. The minimum atomic E-state index is -0.555. The van der Waals surface area contributed by atoms with E-state index in [4.69, 9.17) is 16.2 Å². The first-order valence-corrected chi connectivity index (χ1v) is 6.09. The molecule has 1 saturated carbocycles. The molecule has 2 rings (SSSR count). The lowest BCUT2D eigenvalue weighted by Gasteiger charge is -2.44. The third kappa shape index (κ3) is 2.53. The van der Waals surface area contributed by atoms with E-state index in [0.29, 0.717) is 18.7 Å². The Hall–Kier alpha value is -0.650. The predicted octanol–water partition coefficient (Wildman–Crippen LogP) is -0.558. The number of rotatable bonds is 3. The molecule has 1 aliphatic heterocycles. The van der Waals surface area contributed by atoms with Crippen LogP contribution in [0.15, 0.2) is 0 Å². The molecular formula is C11H21N3O2. The van der Waals surface area contributed by atoms with Gasteiger partial charge in [0.15, 0.2) is 0 Å². The zero-order valence-electron chi connectivity index (χ0n) is 9.60. The Morgan fingerprint density at radius 2 is 2.19 bits per heavy atom. The van der Waals surface area contributed by atoms with Gasteiger partial charge in [-0.1, -0.05) is 12.8 Å². The molecule has 5 nitrogen and oxygen atoms in total. The van der Waals surface area contributed by atoms with E-state index in [0.717, 1.165) is 26.0 Å². The summed E-state index contributed by atoms with van der Waals surface area (Å²) in [5.74, 6) is -0.418. The van der Waals surface area contributed by atoms with E-state index in [2.05, 4.69) is 4.90 Å². The Kier molecular flexibility index (Phi) is 3.78. The van der Waals surface area contributed by atoms with Crippen molar-refractivity contribution in [2.75, 3.05) is 19.7 Å². The second-order valence-electron chi connectivity index (χ2n) is 4.76. The number of hydrogen-bond acceptors (Lipinski definition) is 4. The lowest BCUT2D eigenvalue weighted by atomic mass is 9.90. The van der Waals surface area contributed by atoms with E-state index in [1.807, 2.05) is 0 Å². The van der Waals surface area contributed by atoms with E-state index >= 15 is 0 Å². The quantitative estimate of drug-likeness (QED) is 0.677. The number of ether oxygens (including phenoxy) is 1. The summed E-state index contributed by atoms with van der Waals surface area (Å²) in [7, 11) is 0. The molecule has 0 aromatic heterocycles. The van der Waals surface area contributed by atoms with Crippen molar-refractivity contribution in [3.8, 4) is 0 Å². The number of nitrogens with two attached hydrogens (primary N) is 2. The van der Waals surface area contributed by atoms with Gasteiger partial charge in [-0.15, -0.1) is 0 Å². The average molecular weight is 227 g/mol. The van der Waals surface area contributed by atoms with Gasteiger partial charge in [-0.05, 0) is 12.8 Å². The molecule has 16 heavy (non-hydrogen) atoms. The highest BCUT2D eigenvalue weighted by Gasteiger charge is 2.35. The van der Waals surface area contributed by atoms with Crippen LogP contribution in [0, 0.1) is 0 Å². The molecule has 2 aliphatic rings. The minimum absolute atomic E-state index is 0.336. The van der Waals surface area contributed by atoms with Gasteiger partial charge < -0.3 is 16.2 Å². The summed E-state index contributed by atoms with van der Waals surface area (Å²) < 4.78 is 5.76. The van der Waals surface area contributed by atoms with Gasteiger partial charge in [0.05, 0.1) is 18.8 Å². The monoisotopic (exact) mass is 227 g/mol. The number of amides is 1. The maximum atomic E-state index is 11.0. The zero-order valence-corrected chi connectivity index (χ0v) is 9.60. The highest BCUT2D eigenvalue weighted by atomic mass is 16.5. The number of primary amides is 1. The van der Waals surface area contributed by atoms with Crippen molar-refractivity contribution in [1.29, 1.82) is 0 Å². The molecule has 0 bridgehead atoms. The fourth-order valence-corrected chi connectivity index (χ4v) is 2.75. The van der Waals surface area contributed by atoms with Crippen LogP contribution in [0.2, 0.25) is 0 Å². The predicted molar refractivity (Wildman–Crippen MR) is 60.7 cm³/mol. The highest BCUT2D eigenvalue weighted by Crippen LogP contribution is 2.28. The highest BCUT2D eigenvalue weighted by molar-refractivity contribution is 5.79. The van der Waals surface area contributed by atoms with Gasteiger partial charge in [0.2, 0.25) is 5.91 Å². The van der Waals surface area contributed by atoms with Crippen molar-refractivity contribution in [2.24, 2.45) is 11.5 Å². The Morgan fingerprint density at radius 3 is 2.94 bits per heavy atom. The molecule has 5 heteroatoms. The second-order valence-corrected chi connectivity index (χ2v) is 4.76. The van der Waals surface area contributed by atoms with Gasteiger partial charge in [0, 0.05) is 19.1 Å². The van der Waals surface area contributed by atoms with Crippen LogP contribution in [0.3, 0.4) is 0 Å². The molecule has 0 aromatic rings. The van der Waals surface area contributed by atoms with Crippen LogP contribution in [0.4, 0.5) is 0 Å². The van der Waals surface area contributed by atoms with Crippen molar-refractivity contribution in [3.05, 3.63) is 0 Å². The number of morpholine rings is 1. The molecule has 1 amide bonds. The van der Waals surface area contributed by atoms with Crippen molar-refractivity contribution >= 4 is 5.91 Å². The number of nitrogens with zero attached hydrogens (tertiary/aromatic N) is 1. The van der Waals surface area contributed by atoms with Gasteiger partial charge >= 0.3 is 0 Å². The third-order valence-electron chi connectivity index (χ3n) is 3.64. The average Bonchev–Trinajstić information content (AvgIpc) is 2.29. The van der Waals surface area contributed by atoms with E-state index < -0.39 is 11.9 Å². The summed E-state index contributed by atoms with van der Waals surface area (Å²) in [4.78, 5) is 13.3. The molecule has 92 valence electrons. The first-order chi connectivity index (χ1) is 7.68. The number of carbonyl (C=O) groups excluding carboxylic acids is 1. The molecule has 4 N–H and O–H groups in total. The Balaban J connectivity index is 1.94. The Bertz CT molecular complexity index is 258. The first-order valence-electron chi connectivity index (χ1n) is 6.09. The van der Waals surface area contributed by atoms with Gasteiger partial charge in [-0.25, -0.2) is 0 Å². The number of fused-ring (bicyclic) bond motifs is 1. The standard InChI is InChI=1S/C11H21N3O2/c12-8(11(13)15)7-14-5-6-16-10-4-2-1-3-9(10)14/h8-10H,1-7,12H2,(H2,13,15). The Labute approximate surface area is 96.1 Å². The number of carbonyl (C=O) groups is 1. The molecule has 1 aliphatic carbocycles. The summed E-state index contributed by atoms with van der Waals surface area (Å²) in [5, 5.41) is 0. The maximum absolute atomic E-state index is 11.0. The van der Waals surface area contributed by atoms with E-state index in [1.165, 1.54) is 12.8 Å². The topological polar surface area (TPSA) is 81.6 Å². The second kappa shape index (κ2) is 5.12.